The van der Waals surface area contributed by atoms with Crippen molar-refractivity contribution in [2.45, 2.75) is 19.0 Å². The summed E-state index contributed by atoms with van der Waals surface area (Å²) in [5, 5.41) is 2.94. The first-order chi connectivity index (χ1) is 13.7. The lowest BCUT2D eigenvalue weighted by molar-refractivity contribution is -0.121. The Morgan fingerprint density at radius 3 is 2.57 bits per heavy atom. The van der Waals surface area contributed by atoms with Gasteiger partial charge in [0.1, 0.15) is 12.4 Å². The van der Waals surface area contributed by atoms with Crippen molar-refractivity contribution in [1.82, 2.24) is 10.2 Å². The molecule has 3 N–H and O–H groups in total. The molecule has 6 nitrogen and oxygen atoms in total. The van der Waals surface area contributed by atoms with Gasteiger partial charge >= 0.3 is 0 Å². The molecule has 0 bridgehead atoms. The molecule has 30 heavy (non-hydrogen) atoms. The average Bonchev–Trinajstić information content (AvgIpc) is 2.74. The molecular weight excluding hydrogens is 425 g/mol. The topological polar surface area (TPSA) is 76.8 Å². The molecular formula is C22H31Cl2N3O3. The first-order valence-electron chi connectivity index (χ1n) is 9.80. The summed E-state index contributed by atoms with van der Waals surface area (Å²) in [5.74, 6) is 0.760. The summed E-state index contributed by atoms with van der Waals surface area (Å²) >= 11 is 0. The molecule has 1 aliphatic heterocycles. The summed E-state index contributed by atoms with van der Waals surface area (Å²) in [5.41, 5.74) is 8.08. The van der Waals surface area contributed by atoms with E-state index in [0.717, 1.165) is 49.7 Å². The Bertz CT molecular complexity index is 743. The van der Waals surface area contributed by atoms with Crippen molar-refractivity contribution in [2.24, 2.45) is 5.73 Å². The van der Waals surface area contributed by atoms with Crippen LogP contribution in [-0.4, -0.2) is 50.3 Å². The van der Waals surface area contributed by atoms with Gasteiger partial charge in [0.05, 0.1) is 13.2 Å². The third kappa shape index (κ3) is 8.90. The summed E-state index contributed by atoms with van der Waals surface area (Å²) in [6.07, 6.45) is 0.264. The molecule has 2 aromatic rings. The molecule has 1 saturated heterocycles. The molecule has 1 atom stereocenters. The number of hydrogen-bond acceptors (Lipinski definition) is 5. The van der Waals surface area contributed by atoms with Crippen LogP contribution in [0, 0.1) is 0 Å². The minimum atomic E-state index is -0.295. The third-order valence-electron chi connectivity index (χ3n) is 4.80. The lowest BCUT2D eigenvalue weighted by Crippen LogP contribution is -2.38. The van der Waals surface area contributed by atoms with E-state index in [1.807, 2.05) is 54.6 Å². The van der Waals surface area contributed by atoms with Gasteiger partial charge in [0.2, 0.25) is 5.91 Å². The average molecular weight is 456 g/mol. The van der Waals surface area contributed by atoms with Gasteiger partial charge in [-0.15, -0.1) is 24.8 Å². The zero-order valence-corrected chi connectivity index (χ0v) is 18.6. The van der Waals surface area contributed by atoms with Crippen LogP contribution in [0.2, 0.25) is 0 Å². The molecule has 166 valence electrons. The molecule has 8 heteroatoms. The molecule has 1 amide bonds. The Kier molecular flexibility index (Phi) is 12.4. The number of halogens is 2. The number of nitrogens with one attached hydrogen (secondary N) is 1. The fourth-order valence-corrected chi connectivity index (χ4v) is 3.15. The van der Waals surface area contributed by atoms with E-state index in [1.54, 1.807) is 0 Å². The molecule has 0 radical (unpaired) electrons. The van der Waals surface area contributed by atoms with Gasteiger partial charge in [-0.05, 0) is 23.3 Å². The van der Waals surface area contributed by atoms with E-state index in [1.165, 1.54) is 0 Å². The van der Waals surface area contributed by atoms with Crippen LogP contribution in [0.1, 0.15) is 23.6 Å². The van der Waals surface area contributed by atoms with E-state index in [9.17, 15) is 4.79 Å². The summed E-state index contributed by atoms with van der Waals surface area (Å²) in [7, 11) is 0. The van der Waals surface area contributed by atoms with Gasteiger partial charge in [-0.2, -0.15) is 0 Å². The van der Waals surface area contributed by atoms with E-state index in [0.29, 0.717) is 13.2 Å². The number of nitrogens with two attached hydrogens (primary N) is 1. The minimum Gasteiger partial charge on any atom is -0.492 e. The molecule has 0 spiro atoms. The zero-order chi connectivity index (χ0) is 19.6. The van der Waals surface area contributed by atoms with E-state index in [4.69, 9.17) is 15.2 Å². The summed E-state index contributed by atoms with van der Waals surface area (Å²) in [6.45, 7) is 5.50. The number of benzene rings is 2. The van der Waals surface area contributed by atoms with Gasteiger partial charge in [0.15, 0.2) is 0 Å². The van der Waals surface area contributed by atoms with Gasteiger partial charge in [0.25, 0.3) is 0 Å². The van der Waals surface area contributed by atoms with Crippen molar-refractivity contribution in [3.05, 3.63) is 65.7 Å². The van der Waals surface area contributed by atoms with Crippen LogP contribution >= 0.6 is 24.8 Å². The summed E-state index contributed by atoms with van der Waals surface area (Å²) < 4.78 is 11.2. The first-order valence-corrected chi connectivity index (χ1v) is 9.80. The summed E-state index contributed by atoms with van der Waals surface area (Å²) in [6, 6.07) is 17.2. The molecule has 1 heterocycles. The number of amides is 1. The van der Waals surface area contributed by atoms with Crippen LogP contribution in [0.5, 0.6) is 5.75 Å². The second-order valence-electron chi connectivity index (χ2n) is 6.95. The van der Waals surface area contributed by atoms with Crippen LogP contribution in [0.3, 0.4) is 0 Å². The highest BCUT2D eigenvalue weighted by molar-refractivity contribution is 5.85. The molecule has 0 aliphatic carbocycles. The fourth-order valence-electron chi connectivity index (χ4n) is 3.15. The Morgan fingerprint density at radius 2 is 1.83 bits per heavy atom. The molecule has 1 fully saturated rings. The maximum absolute atomic E-state index is 12.2. The van der Waals surface area contributed by atoms with Gasteiger partial charge in [0, 0.05) is 38.6 Å². The standard InChI is InChI=1S/C22H29N3O3.2ClH/c23-21(19-6-2-1-3-7-19)16-22(26)24-17-18-5-4-8-20(15-18)28-14-11-25-9-12-27-13-10-25;;/h1-8,15,21H,9-14,16-17,23H2,(H,24,26);2*1H. The van der Waals surface area contributed by atoms with Gasteiger partial charge in [-0.1, -0.05) is 42.5 Å². The predicted octanol–water partition coefficient (Wildman–Crippen LogP) is 2.95. The monoisotopic (exact) mass is 455 g/mol. The van der Waals surface area contributed by atoms with E-state index in [2.05, 4.69) is 10.2 Å². The van der Waals surface area contributed by atoms with Gasteiger partial charge < -0.3 is 20.5 Å². The normalized spacial score (nSPS) is 14.7. The largest absolute Gasteiger partial charge is 0.492 e. The first kappa shape index (κ1) is 26.2. The van der Waals surface area contributed by atoms with Crippen LogP contribution in [0.15, 0.2) is 54.6 Å². The summed E-state index contributed by atoms with van der Waals surface area (Å²) in [4.78, 5) is 14.5. The lowest BCUT2D eigenvalue weighted by atomic mass is 10.0. The van der Waals surface area contributed by atoms with E-state index < -0.39 is 0 Å². The van der Waals surface area contributed by atoms with Crippen molar-refractivity contribution in [3.63, 3.8) is 0 Å². The van der Waals surface area contributed by atoms with Crippen molar-refractivity contribution >= 4 is 30.7 Å². The van der Waals surface area contributed by atoms with E-state index >= 15 is 0 Å². The maximum atomic E-state index is 12.2. The second-order valence-corrected chi connectivity index (χ2v) is 6.95. The van der Waals surface area contributed by atoms with Crippen molar-refractivity contribution in [2.75, 3.05) is 39.5 Å². The quantitative estimate of drug-likeness (QED) is 0.607. The second kappa shape index (κ2) is 14.2. The van der Waals surface area contributed by atoms with Crippen molar-refractivity contribution in [3.8, 4) is 5.75 Å². The molecule has 1 aliphatic rings. The molecule has 0 aromatic heterocycles. The van der Waals surface area contributed by atoms with Crippen LogP contribution in [0.25, 0.3) is 0 Å². The van der Waals surface area contributed by atoms with Gasteiger partial charge in [-0.3, -0.25) is 9.69 Å². The smallest absolute Gasteiger partial charge is 0.222 e. The maximum Gasteiger partial charge on any atom is 0.222 e. The highest BCUT2D eigenvalue weighted by Crippen LogP contribution is 2.15. The molecule has 2 aromatic carbocycles. The number of rotatable bonds is 9. The number of nitrogens with zero attached hydrogens (tertiary/aromatic N) is 1. The molecule has 0 saturated carbocycles. The Morgan fingerprint density at radius 1 is 1.10 bits per heavy atom. The van der Waals surface area contributed by atoms with Crippen LogP contribution in [0.4, 0.5) is 0 Å². The van der Waals surface area contributed by atoms with Crippen molar-refractivity contribution in [1.29, 1.82) is 0 Å². The number of morpholine rings is 1. The Balaban J connectivity index is 0.00000225. The Hall–Kier alpha value is -1.83. The predicted molar refractivity (Wildman–Crippen MR) is 124 cm³/mol. The SMILES string of the molecule is Cl.Cl.NC(CC(=O)NCc1cccc(OCCN2CCOCC2)c1)c1ccccc1. The third-order valence-corrected chi connectivity index (χ3v) is 4.80. The number of hydrogen-bond donors (Lipinski definition) is 2. The Labute approximate surface area is 190 Å². The number of carbonyl (C=O) groups is 1. The fraction of sp³-hybridized carbons (Fsp3) is 0.409. The van der Waals surface area contributed by atoms with Gasteiger partial charge in [-0.25, -0.2) is 0 Å². The lowest BCUT2D eigenvalue weighted by Gasteiger charge is -2.26. The van der Waals surface area contributed by atoms with Crippen LogP contribution in [-0.2, 0) is 16.1 Å². The minimum absolute atomic E-state index is 0. The highest BCUT2D eigenvalue weighted by atomic mass is 35.5. The molecule has 3 rings (SSSR count). The highest BCUT2D eigenvalue weighted by Gasteiger charge is 2.12. The molecule has 1 unspecified atom stereocenters. The van der Waals surface area contributed by atoms with Crippen molar-refractivity contribution < 1.29 is 14.3 Å². The number of carbonyl (C=O) groups excluding carboxylic acids is 1. The van der Waals surface area contributed by atoms with E-state index in [-0.39, 0.29) is 43.2 Å². The zero-order valence-electron chi connectivity index (χ0n) is 17.0. The van der Waals surface area contributed by atoms with Crippen LogP contribution < -0.4 is 15.8 Å². The number of ether oxygens (including phenoxy) is 2.